The maximum Gasteiger partial charge on any atom is 0.266 e. The van der Waals surface area contributed by atoms with Gasteiger partial charge in [-0.1, -0.05) is 30.3 Å². The molecule has 0 radical (unpaired) electrons. The van der Waals surface area contributed by atoms with E-state index in [0.717, 1.165) is 40.3 Å². The first-order chi connectivity index (χ1) is 32.3. The van der Waals surface area contributed by atoms with Crippen molar-refractivity contribution in [1.82, 2.24) is 25.4 Å². The van der Waals surface area contributed by atoms with Gasteiger partial charge in [0.2, 0.25) is 17.7 Å². The number of hydrazone groups is 1. The van der Waals surface area contributed by atoms with Gasteiger partial charge in [-0.05, 0) is 67.8 Å². The summed E-state index contributed by atoms with van der Waals surface area (Å²) in [5.74, 6) is -0.357. The third-order valence-corrected chi connectivity index (χ3v) is 11.4. The van der Waals surface area contributed by atoms with Gasteiger partial charge in [0.25, 0.3) is 11.8 Å². The lowest BCUT2D eigenvalue weighted by Crippen LogP contribution is -2.54. The standard InChI is InChI=1S/C47H52N8O11/c48-43-41-42(31-13-15-34(16-14-31)66-33-8-2-1-3-9-33)52-55(44(41)50-30-49-43)32-7-5-19-53(29-32)39(57)12-6-20-61-21-22-62-23-24-63-25-26-64-27-28-65-37-11-4-10-35-40(37)47(60)54(46(35)59)36-17-18-38(56)51-45(36)58/h1-4,6,8-16,30,32,36,44H,5,7,17-29,48H2,(H,49,50)(H,51,56,58)/b12-6+. The molecule has 0 aliphatic carbocycles. The van der Waals surface area contributed by atoms with Gasteiger partial charge in [0.15, 0.2) is 0 Å². The molecule has 19 nitrogen and oxygen atoms in total. The van der Waals surface area contributed by atoms with Crippen molar-refractivity contribution in [1.29, 1.82) is 0 Å². The predicted octanol–water partition coefficient (Wildman–Crippen LogP) is 2.72. The summed E-state index contributed by atoms with van der Waals surface area (Å²) in [5.41, 5.74) is 9.07. The van der Waals surface area contributed by atoms with Gasteiger partial charge in [-0.25, -0.2) is 4.99 Å². The van der Waals surface area contributed by atoms with Gasteiger partial charge in [-0.15, -0.1) is 0 Å². The van der Waals surface area contributed by atoms with Gasteiger partial charge in [-0.2, -0.15) is 5.10 Å². The molecule has 3 atom stereocenters. The van der Waals surface area contributed by atoms with Crippen molar-refractivity contribution in [3.8, 4) is 17.2 Å². The molecule has 0 aromatic heterocycles. The van der Waals surface area contributed by atoms with Crippen molar-refractivity contribution >= 4 is 41.6 Å². The highest BCUT2D eigenvalue weighted by atomic mass is 16.6. The molecule has 19 heteroatoms. The van der Waals surface area contributed by atoms with E-state index in [2.05, 4.69) is 15.6 Å². The van der Waals surface area contributed by atoms with Crippen LogP contribution in [0.2, 0.25) is 0 Å². The first-order valence-corrected chi connectivity index (χ1v) is 22.0. The lowest BCUT2D eigenvalue weighted by molar-refractivity contribution is -0.136. The minimum Gasteiger partial charge on any atom is -0.490 e. The third-order valence-electron chi connectivity index (χ3n) is 11.4. The summed E-state index contributed by atoms with van der Waals surface area (Å²) in [6, 6.07) is 20.9. The minimum absolute atomic E-state index is 0.0400. The van der Waals surface area contributed by atoms with Crippen LogP contribution in [0.5, 0.6) is 17.2 Å². The number of hydrogen-bond acceptors (Lipinski definition) is 16. The van der Waals surface area contributed by atoms with E-state index in [1.807, 2.05) is 64.5 Å². The van der Waals surface area contributed by atoms with E-state index >= 15 is 0 Å². The number of fused-ring (bicyclic) bond motifs is 2. The fourth-order valence-corrected chi connectivity index (χ4v) is 8.22. The van der Waals surface area contributed by atoms with E-state index in [9.17, 15) is 24.0 Å². The number of hydrogen-bond donors (Lipinski definition) is 3. The van der Waals surface area contributed by atoms with Gasteiger partial charge in [0.05, 0.1) is 81.9 Å². The average molecular weight is 905 g/mol. The molecule has 3 aromatic carbocycles. The zero-order valence-electron chi connectivity index (χ0n) is 36.3. The number of aliphatic imine (C=N–C) groups is 1. The van der Waals surface area contributed by atoms with E-state index in [1.54, 1.807) is 30.6 Å². The second kappa shape index (κ2) is 21.8. The van der Waals surface area contributed by atoms with Crippen LogP contribution < -0.4 is 25.8 Å². The number of para-hydroxylation sites is 1. The van der Waals surface area contributed by atoms with Crippen molar-refractivity contribution < 1.29 is 52.4 Å². The number of imide groups is 2. The summed E-state index contributed by atoms with van der Waals surface area (Å²) in [6.07, 6.45) is 6.35. The molecule has 2 fully saturated rings. The van der Waals surface area contributed by atoms with Crippen molar-refractivity contribution in [2.24, 2.45) is 15.8 Å². The van der Waals surface area contributed by atoms with E-state index < -0.39 is 29.7 Å². The van der Waals surface area contributed by atoms with Gasteiger partial charge in [0, 0.05) is 31.1 Å². The number of amides is 5. The zero-order chi connectivity index (χ0) is 45.8. The zero-order valence-corrected chi connectivity index (χ0v) is 36.3. The molecule has 5 aliphatic heterocycles. The molecular formula is C47H52N8O11. The Hall–Kier alpha value is -6.93. The molecule has 0 bridgehead atoms. The largest absolute Gasteiger partial charge is 0.490 e. The number of nitrogens with two attached hydrogens (primary N) is 1. The summed E-state index contributed by atoms with van der Waals surface area (Å²) in [4.78, 5) is 70.4. The Morgan fingerprint density at radius 3 is 2.26 bits per heavy atom. The number of rotatable bonds is 21. The van der Waals surface area contributed by atoms with Crippen LogP contribution in [-0.2, 0) is 33.3 Å². The van der Waals surface area contributed by atoms with Crippen LogP contribution in [0.25, 0.3) is 0 Å². The van der Waals surface area contributed by atoms with Gasteiger partial charge >= 0.3 is 0 Å². The van der Waals surface area contributed by atoms with Crippen molar-refractivity contribution in [2.45, 2.75) is 43.9 Å². The van der Waals surface area contributed by atoms with Crippen molar-refractivity contribution in [2.75, 3.05) is 72.6 Å². The Balaban J connectivity index is 0.678. The molecule has 66 heavy (non-hydrogen) atoms. The summed E-state index contributed by atoms with van der Waals surface area (Å²) >= 11 is 0. The van der Waals surface area contributed by atoms with Crippen LogP contribution in [0, 0.1) is 0 Å². The summed E-state index contributed by atoms with van der Waals surface area (Å²) < 4.78 is 34.1. The smallest absolute Gasteiger partial charge is 0.266 e. The molecule has 2 saturated heterocycles. The molecular weight excluding hydrogens is 853 g/mol. The normalized spacial score (nSPS) is 20.4. The number of carbonyl (C=O) groups is 5. The summed E-state index contributed by atoms with van der Waals surface area (Å²) in [5, 5.41) is 12.6. The monoisotopic (exact) mass is 904 g/mol. The van der Waals surface area contributed by atoms with E-state index in [0.29, 0.717) is 64.3 Å². The van der Waals surface area contributed by atoms with Crippen LogP contribution in [0.4, 0.5) is 0 Å². The Bertz CT molecular complexity index is 2390. The fraction of sp³-hybridized carbons (Fsp3) is 0.383. The topological polar surface area (TPSA) is 225 Å². The molecule has 5 heterocycles. The van der Waals surface area contributed by atoms with Crippen LogP contribution in [0.1, 0.15) is 52.0 Å². The Morgan fingerprint density at radius 2 is 1.52 bits per heavy atom. The maximum atomic E-state index is 13.2. The SMILES string of the molecule is NC1=C2C(c3ccc(Oc4ccccc4)cc3)=NN(C3CCCN(C(=O)/C=C/COCCOCCOCCOCCOc4cccc5c4C(=O)N(C4CCC(=O)NC4=O)C5=O)C3)C2NC=N1. The average Bonchev–Trinajstić information content (AvgIpc) is 3.85. The van der Waals surface area contributed by atoms with E-state index in [4.69, 9.17) is 39.3 Å². The first kappa shape index (κ1) is 45.6. The highest BCUT2D eigenvalue weighted by Crippen LogP contribution is 2.35. The van der Waals surface area contributed by atoms with Gasteiger partial charge in [-0.3, -0.25) is 39.2 Å². The van der Waals surface area contributed by atoms with Crippen LogP contribution >= 0.6 is 0 Å². The Labute approximate surface area is 381 Å². The van der Waals surface area contributed by atoms with E-state index in [1.165, 1.54) is 6.07 Å². The molecule has 4 N–H and O–H groups in total. The molecule has 3 aromatic rings. The van der Waals surface area contributed by atoms with E-state index in [-0.39, 0.29) is 67.7 Å². The first-order valence-electron chi connectivity index (χ1n) is 22.0. The molecule has 0 spiro atoms. The second-order valence-electron chi connectivity index (χ2n) is 15.8. The molecule has 346 valence electrons. The number of ether oxygens (including phenoxy) is 6. The number of nitrogens with one attached hydrogen (secondary N) is 2. The highest BCUT2D eigenvalue weighted by molar-refractivity contribution is 6.24. The maximum absolute atomic E-state index is 13.2. The number of piperidine rings is 2. The highest BCUT2D eigenvalue weighted by Gasteiger charge is 2.46. The lowest BCUT2D eigenvalue weighted by atomic mass is 9.99. The minimum atomic E-state index is -1.05. The predicted molar refractivity (Wildman–Crippen MR) is 239 cm³/mol. The molecule has 8 rings (SSSR count). The lowest BCUT2D eigenvalue weighted by Gasteiger charge is -2.39. The number of carbonyl (C=O) groups excluding carboxylic acids is 5. The number of likely N-dealkylation sites (tertiary alicyclic amines) is 1. The number of benzene rings is 3. The van der Waals surface area contributed by atoms with Crippen molar-refractivity contribution in [3.05, 3.63) is 113 Å². The molecule has 0 saturated carbocycles. The Morgan fingerprint density at radius 1 is 0.803 bits per heavy atom. The van der Waals surface area contributed by atoms with Gasteiger partial charge < -0.3 is 44.4 Å². The van der Waals surface area contributed by atoms with Gasteiger partial charge in [0.1, 0.15) is 47.6 Å². The molecule has 5 aliphatic rings. The Kier molecular flexibility index (Phi) is 15.1. The van der Waals surface area contributed by atoms with Crippen LogP contribution in [0.3, 0.4) is 0 Å². The third kappa shape index (κ3) is 10.8. The van der Waals surface area contributed by atoms with Crippen LogP contribution in [-0.4, -0.2) is 147 Å². The number of nitrogens with zero attached hydrogens (tertiary/aromatic N) is 5. The van der Waals surface area contributed by atoms with Crippen molar-refractivity contribution in [3.63, 3.8) is 0 Å². The summed E-state index contributed by atoms with van der Waals surface area (Å²) in [6.45, 7) is 3.80. The molecule has 3 unspecified atom stereocenters. The second-order valence-corrected chi connectivity index (χ2v) is 15.8. The van der Waals surface area contributed by atoms with Crippen LogP contribution in [0.15, 0.2) is 106 Å². The quantitative estimate of drug-likeness (QED) is 0.0795. The fourth-order valence-electron chi connectivity index (χ4n) is 8.22. The molecule has 5 amide bonds. The summed E-state index contributed by atoms with van der Waals surface area (Å²) in [7, 11) is 0.